The zero-order chi connectivity index (χ0) is 15.0. The fraction of sp³-hybridized carbons (Fsp3) is 0.750. The molecule has 0 amide bonds. The Morgan fingerprint density at radius 3 is 2.16 bits per heavy atom. The van der Waals surface area contributed by atoms with Crippen molar-refractivity contribution in [1.82, 2.24) is 18.6 Å². The average molecular weight is 286 g/mol. The fourth-order valence-electron chi connectivity index (χ4n) is 1.78. The number of nitrogens with zero attached hydrogens (tertiary/aromatic N) is 4. The van der Waals surface area contributed by atoms with Crippen LogP contribution < -0.4 is 11.4 Å². The molecule has 1 heterocycles. The van der Waals surface area contributed by atoms with Crippen molar-refractivity contribution in [3.05, 3.63) is 25.7 Å². The molecule has 0 aromatic carbocycles. The topological polar surface area (TPSA) is 52.2 Å². The lowest BCUT2D eigenvalue weighted by Gasteiger charge is -2.27. The second-order valence-electron chi connectivity index (χ2n) is 5.56. The number of aromatic nitrogens is 3. The van der Waals surface area contributed by atoms with Crippen LogP contribution in [0.1, 0.15) is 27.2 Å². The summed E-state index contributed by atoms with van der Waals surface area (Å²) in [5, 5.41) is 0. The first-order valence-electron chi connectivity index (χ1n) is 6.21. The van der Waals surface area contributed by atoms with E-state index in [4.69, 9.17) is 12.2 Å². The third-order valence-electron chi connectivity index (χ3n) is 3.31. The van der Waals surface area contributed by atoms with E-state index in [1.807, 2.05) is 39.8 Å². The Hall–Kier alpha value is -1.21. The van der Waals surface area contributed by atoms with Gasteiger partial charge in [0.15, 0.2) is 4.77 Å². The van der Waals surface area contributed by atoms with Crippen molar-refractivity contribution in [3.63, 3.8) is 0 Å². The minimum absolute atomic E-state index is 0.242. The standard InChI is InChI=1S/C12H22N4O2S/c1-7-12(2,3)16-9(17)14(6)11(19)15(10(16)18)8-13(4)5/h7-8H2,1-6H3. The van der Waals surface area contributed by atoms with Gasteiger partial charge in [0.05, 0.1) is 6.67 Å². The summed E-state index contributed by atoms with van der Waals surface area (Å²) in [7, 11) is 5.29. The van der Waals surface area contributed by atoms with Crippen LogP contribution in [0.15, 0.2) is 9.59 Å². The molecule has 0 N–H and O–H groups in total. The summed E-state index contributed by atoms with van der Waals surface area (Å²) < 4.78 is 4.31. The molecule has 0 radical (unpaired) electrons. The monoisotopic (exact) mass is 286 g/mol. The number of hydrogen-bond acceptors (Lipinski definition) is 4. The molecule has 19 heavy (non-hydrogen) atoms. The molecular weight excluding hydrogens is 264 g/mol. The van der Waals surface area contributed by atoms with Crippen LogP contribution in [0.3, 0.4) is 0 Å². The van der Waals surface area contributed by atoms with Gasteiger partial charge in [-0.1, -0.05) is 6.92 Å². The lowest BCUT2D eigenvalue weighted by Crippen LogP contribution is -2.53. The van der Waals surface area contributed by atoms with E-state index >= 15 is 0 Å². The number of hydrogen-bond donors (Lipinski definition) is 0. The minimum atomic E-state index is -0.539. The fourth-order valence-corrected chi connectivity index (χ4v) is 1.99. The van der Waals surface area contributed by atoms with Crippen LogP contribution >= 0.6 is 12.2 Å². The van der Waals surface area contributed by atoms with Gasteiger partial charge in [-0.2, -0.15) is 0 Å². The van der Waals surface area contributed by atoms with Crippen LogP contribution in [0.2, 0.25) is 0 Å². The van der Waals surface area contributed by atoms with Gasteiger partial charge >= 0.3 is 11.4 Å². The Morgan fingerprint density at radius 1 is 1.21 bits per heavy atom. The van der Waals surface area contributed by atoms with Crippen LogP contribution in [0.5, 0.6) is 0 Å². The first-order chi connectivity index (χ1) is 8.63. The van der Waals surface area contributed by atoms with Gasteiger partial charge in [-0.25, -0.2) is 14.2 Å². The molecule has 0 aliphatic heterocycles. The molecule has 7 heteroatoms. The Kier molecular flexibility index (Phi) is 4.52. The van der Waals surface area contributed by atoms with Gasteiger partial charge in [0.1, 0.15) is 0 Å². The van der Waals surface area contributed by atoms with Crippen molar-refractivity contribution in [3.8, 4) is 0 Å². The molecule has 0 spiro atoms. The van der Waals surface area contributed by atoms with Crippen LogP contribution in [0, 0.1) is 4.77 Å². The predicted molar refractivity (Wildman–Crippen MR) is 78.1 cm³/mol. The maximum atomic E-state index is 12.5. The van der Waals surface area contributed by atoms with E-state index in [2.05, 4.69) is 0 Å². The lowest BCUT2D eigenvalue weighted by molar-refractivity contribution is 0.258. The zero-order valence-corrected chi connectivity index (χ0v) is 13.2. The van der Waals surface area contributed by atoms with Gasteiger partial charge in [0.2, 0.25) is 0 Å². The predicted octanol–water partition coefficient (Wildman–Crippen LogP) is 0.742. The largest absolute Gasteiger partial charge is 0.336 e. The Balaban J connectivity index is 3.78. The van der Waals surface area contributed by atoms with Gasteiger partial charge in [0, 0.05) is 12.6 Å². The smallest absolute Gasteiger partial charge is 0.292 e. The SMILES string of the molecule is CCC(C)(C)n1c(=O)n(C)c(=S)n(CN(C)C)c1=O. The summed E-state index contributed by atoms with van der Waals surface area (Å²) in [6.45, 7) is 6.05. The molecule has 1 aromatic rings. The van der Waals surface area contributed by atoms with Crippen LogP contribution in [-0.4, -0.2) is 32.7 Å². The average Bonchev–Trinajstić information content (AvgIpc) is 2.31. The second-order valence-corrected chi connectivity index (χ2v) is 5.92. The molecule has 0 saturated carbocycles. The molecular formula is C12H22N4O2S. The van der Waals surface area contributed by atoms with E-state index in [1.165, 1.54) is 13.7 Å². The maximum Gasteiger partial charge on any atom is 0.336 e. The normalized spacial score (nSPS) is 12.2. The molecule has 1 aromatic heterocycles. The van der Waals surface area contributed by atoms with Crippen molar-refractivity contribution in [2.75, 3.05) is 14.1 Å². The minimum Gasteiger partial charge on any atom is -0.292 e. The highest BCUT2D eigenvalue weighted by molar-refractivity contribution is 7.71. The van der Waals surface area contributed by atoms with E-state index in [0.29, 0.717) is 13.1 Å². The Morgan fingerprint density at radius 2 is 1.74 bits per heavy atom. The molecule has 6 nitrogen and oxygen atoms in total. The summed E-state index contributed by atoms with van der Waals surface area (Å²) in [4.78, 5) is 26.6. The molecule has 1 rings (SSSR count). The molecule has 0 atom stereocenters. The highest BCUT2D eigenvalue weighted by Crippen LogP contribution is 2.14. The van der Waals surface area contributed by atoms with Gasteiger partial charge in [0.25, 0.3) is 0 Å². The molecule has 0 aliphatic carbocycles. The van der Waals surface area contributed by atoms with Crippen molar-refractivity contribution in [2.24, 2.45) is 7.05 Å². The highest BCUT2D eigenvalue weighted by Gasteiger charge is 2.24. The second kappa shape index (κ2) is 5.42. The van der Waals surface area contributed by atoms with Crippen molar-refractivity contribution in [1.29, 1.82) is 0 Å². The molecule has 0 unspecified atom stereocenters. The Labute approximate surface area is 117 Å². The van der Waals surface area contributed by atoms with E-state index in [9.17, 15) is 9.59 Å². The summed E-state index contributed by atoms with van der Waals surface area (Å²) in [6.07, 6.45) is 0.681. The first-order valence-corrected chi connectivity index (χ1v) is 6.62. The lowest BCUT2D eigenvalue weighted by atomic mass is 10.0. The van der Waals surface area contributed by atoms with Gasteiger partial charge in [-0.15, -0.1) is 0 Å². The summed E-state index contributed by atoms with van der Waals surface area (Å²) >= 11 is 5.19. The van der Waals surface area contributed by atoms with Gasteiger partial charge in [-0.05, 0) is 46.6 Å². The zero-order valence-electron chi connectivity index (χ0n) is 12.4. The van der Waals surface area contributed by atoms with Crippen molar-refractivity contribution < 1.29 is 0 Å². The Bertz CT molecular complexity index is 637. The van der Waals surface area contributed by atoms with E-state index in [0.717, 1.165) is 0 Å². The van der Waals surface area contributed by atoms with E-state index in [1.54, 1.807) is 7.05 Å². The van der Waals surface area contributed by atoms with Gasteiger partial charge < -0.3 is 0 Å². The van der Waals surface area contributed by atoms with Crippen molar-refractivity contribution in [2.45, 2.75) is 39.4 Å². The van der Waals surface area contributed by atoms with E-state index in [-0.39, 0.29) is 16.2 Å². The quantitative estimate of drug-likeness (QED) is 0.766. The first kappa shape index (κ1) is 15.8. The third-order valence-corrected chi connectivity index (χ3v) is 3.81. The molecule has 108 valence electrons. The van der Waals surface area contributed by atoms with Crippen molar-refractivity contribution >= 4 is 12.2 Å². The summed E-state index contributed by atoms with van der Waals surface area (Å²) in [6, 6.07) is 0. The molecule has 0 aliphatic rings. The van der Waals surface area contributed by atoms with E-state index < -0.39 is 5.54 Å². The van der Waals surface area contributed by atoms with Crippen LogP contribution in [0.25, 0.3) is 0 Å². The summed E-state index contributed by atoms with van der Waals surface area (Å²) in [5.74, 6) is 0. The van der Waals surface area contributed by atoms with Crippen LogP contribution in [0.4, 0.5) is 0 Å². The maximum absolute atomic E-state index is 12.5. The highest BCUT2D eigenvalue weighted by atomic mass is 32.1. The molecule has 0 bridgehead atoms. The van der Waals surface area contributed by atoms with Gasteiger partial charge in [-0.3, -0.25) is 14.0 Å². The summed E-state index contributed by atoms with van der Waals surface area (Å²) in [5.41, 5.74) is -1.26. The molecule has 0 saturated heterocycles. The third kappa shape index (κ3) is 2.87. The molecule has 0 fully saturated rings. The van der Waals surface area contributed by atoms with Crippen LogP contribution in [-0.2, 0) is 19.3 Å². The number of rotatable bonds is 4.